The summed E-state index contributed by atoms with van der Waals surface area (Å²) >= 11 is 0. The number of aliphatic imine (C=N–C) groups is 1. The van der Waals surface area contributed by atoms with Crippen LogP contribution in [0.3, 0.4) is 0 Å². The van der Waals surface area contributed by atoms with E-state index in [2.05, 4.69) is 9.98 Å². The van der Waals surface area contributed by atoms with E-state index in [9.17, 15) is 5.11 Å². The number of benzene rings is 2. The lowest BCUT2D eigenvalue weighted by molar-refractivity contribution is 0.475. The van der Waals surface area contributed by atoms with Gasteiger partial charge in [0.2, 0.25) is 0 Å². The number of nitrogens with zero attached hydrogens (tertiary/aromatic N) is 3. The van der Waals surface area contributed by atoms with E-state index in [0.717, 1.165) is 35.8 Å². The Morgan fingerprint density at radius 1 is 1.19 bits per heavy atom. The fourth-order valence-corrected chi connectivity index (χ4v) is 2.34. The molecular weight excluding hydrogens is 262 g/mol. The van der Waals surface area contributed by atoms with E-state index in [-0.39, 0.29) is 5.75 Å². The van der Waals surface area contributed by atoms with Crippen LogP contribution >= 0.6 is 0 Å². The van der Waals surface area contributed by atoms with E-state index in [4.69, 9.17) is 0 Å². The summed E-state index contributed by atoms with van der Waals surface area (Å²) in [5, 5.41) is 12.1. The van der Waals surface area contributed by atoms with Crippen molar-refractivity contribution in [1.82, 2.24) is 9.55 Å². The maximum Gasteiger partial charge on any atom is 0.124 e. The molecule has 0 amide bonds. The van der Waals surface area contributed by atoms with E-state index < -0.39 is 0 Å². The summed E-state index contributed by atoms with van der Waals surface area (Å²) in [6, 6.07) is 11.6. The largest absolute Gasteiger partial charge is 0.507 e. The summed E-state index contributed by atoms with van der Waals surface area (Å²) in [4.78, 5) is 8.44. The van der Waals surface area contributed by atoms with Gasteiger partial charge in [-0.15, -0.1) is 0 Å². The second kappa shape index (κ2) is 6.22. The van der Waals surface area contributed by atoms with Crippen molar-refractivity contribution < 1.29 is 5.11 Å². The number of phenolic OH excluding ortho intramolecular Hbond substituents is 1. The SMILES string of the molecule is Oc1ccc2ccccc2c1C=NCCCn1ccnc1. The maximum atomic E-state index is 10.0. The summed E-state index contributed by atoms with van der Waals surface area (Å²) in [5.41, 5.74) is 0.788. The highest BCUT2D eigenvalue weighted by atomic mass is 16.3. The highest BCUT2D eigenvalue weighted by Gasteiger charge is 2.03. The third kappa shape index (κ3) is 3.11. The molecule has 0 radical (unpaired) electrons. The number of aryl methyl sites for hydroxylation is 1. The standard InChI is InChI=1S/C17H17N3O/c21-17-7-6-14-4-1-2-5-15(14)16(17)12-18-8-3-10-20-11-9-19-13-20/h1-2,4-7,9,11-13,21H,3,8,10H2. The minimum absolute atomic E-state index is 0.270. The van der Waals surface area contributed by atoms with Crippen molar-refractivity contribution in [3.8, 4) is 5.75 Å². The minimum Gasteiger partial charge on any atom is -0.507 e. The second-order valence-electron chi connectivity index (χ2n) is 4.91. The Balaban J connectivity index is 1.69. The Morgan fingerprint density at radius 3 is 2.95 bits per heavy atom. The Morgan fingerprint density at radius 2 is 2.10 bits per heavy atom. The van der Waals surface area contributed by atoms with Crippen LogP contribution in [0, 0.1) is 0 Å². The molecule has 3 rings (SSSR count). The zero-order chi connectivity index (χ0) is 14.5. The first-order valence-electron chi connectivity index (χ1n) is 7.01. The lowest BCUT2D eigenvalue weighted by Crippen LogP contribution is -1.96. The molecule has 0 spiro atoms. The van der Waals surface area contributed by atoms with Crippen molar-refractivity contribution in [2.75, 3.05) is 6.54 Å². The molecule has 0 saturated carbocycles. The molecule has 21 heavy (non-hydrogen) atoms. The third-order valence-corrected chi connectivity index (χ3v) is 3.43. The zero-order valence-electron chi connectivity index (χ0n) is 11.7. The second-order valence-corrected chi connectivity index (χ2v) is 4.91. The Bertz CT molecular complexity index is 748. The Kier molecular flexibility index (Phi) is 3.96. The Hall–Kier alpha value is -2.62. The molecule has 0 fully saturated rings. The molecule has 0 bridgehead atoms. The normalized spacial score (nSPS) is 11.4. The molecule has 0 unspecified atom stereocenters. The molecule has 0 aliphatic carbocycles. The fraction of sp³-hybridized carbons (Fsp3) is 0.176. The van der Waals surface area contributed by atoms with Crippen molar-refractivity contribution >= 4 is 17.0 Å². The van der Waals surface area contributed by atoms with Gasteiger partial charge in [-0.2, -0.15) is 0 Å². The van der Waals surface area contributed by atoms with E-state index in [1.54, 1.807) is 24.8 Å². The molecule has 106 valence electrons. The van der Waals surface area contributed by atoms with Crippen LogP contribution in [0.25, 0.3) is 10.8 Å². The average molecular weight is 279 g/mol. The number of imidazole rings is 1. The molecular formula is C17H17N3O. The van der Waals surface area contributed by atoms with Gasteiger partial charge < -0.3 is 9.67 Å². The van der Waals surface area contributed by atoms with Crippen LogP contribution in [0.15, 0.2) is 60.1 Å². The van der Waals surface area contributed by atoms with Gasteiger partial charge in [0.15, 0.2) is 0 Å². The average Bonchev–Trinajstić information content (AvgIpc) is 3.02. The quantitative estimate of drug-likeness (QED) is 0.575. The molecule has 4 heteroatoms. The molecule has 3 aromatic rings. The Labute approximate surface area is 123 Å². The van der Waals surface area contributed by atoms with Crippen LogP contribution in [-0.4, -0.2) is 27.4 Å². The molecule has 0 aliphatic rings. The summed E-state index contributed by atoms with van der Waals surface area (Å²) in [6.45, 7) is 1.62. The molecule has 0 aliphatic heterocycles. The number of aromatic nitrogens is 2. The highest BCUT2D eigenvalue weighted by molar-refractivity contribution is 6.02. The summed E-state index contributed by atoms with van der Waals surface area (Å²) in [6.07, 6.45) is 8.24. The van der Waals surface area contributed by atoms with E-state index in [1.807, 2.05) is 41.1 Å². The van der Waals surface area contributed by atoms with E-state index in [1.165, 1.54) is 0 Å². The van der Waals surface area contributed by atoms with Gasteiger partial charge in [-0.1, -0.05) is 30.3 Å². The van der Waals surface area contributed by atoms with Crippen LogP contribution in [0.4, 0.5) is 0 Å². The molecule has 1 heterocycles. The van der Waals surface area contributed by atoms with Crippen molar-refractivity contribution in [3.63, 3.8) is 0 Å². The van der Waals surface area contributed by atoms with Crippen LogP contribution in [0.2, 0.25) is 0 Å². The van der Waals surface area contributed by atoms with Gasteiger partial charge in [0.05, 0.1) is 6.33 Å². The fourth-order valence-electron chi connectivity index (χ4n) is 2.34. The summed E-state index contributed by atoms with van der Waals surface area (Å²) in [7, 11) is 0. The minimum atomic E-state index is 0.270. The highest BCUT2D eigenvalue weighted by Crippen LogP contribution is 2.25. The first-order chi connectivity index (χ1) is 10.3. The first-order valence-corrected chi connectivity index (χ1v) is 7.01. The predicted molar refractivity (Wildman–Crippen MR) is 84.9 cm³/mol. The lowest BCUT2D eigenvalue weighted by atomic mass is 10.0. The van der Waals surface area contributed by atoms with Crippen molar-refractivity contribution in [2.24, 2.45) is 4.99 Å². The number of hydrogen-bond donors (Lipinski definition) is 1. The predicted octanol–water partition coefficient (Wildman–Crippen LogP) is 3.25. The van der Waals surface area contributed by atoms with E-state index >= 15 is 0 Å². The van der Waals surface area contributed by atoms with Gasteiger partial charge >= 0.3 is 0 Å². The van der Waals surface area contributed by atoms with E-state index in [0.29, 0.717) is 0 Å². The van der Waals surface area contributed by atoms with Gasteiger partial charge in [0, 0.05) is 37.3 Å². The number of fused-ring (bicyclic) bond motifs is 1. The molecule has 4 nitrogen and oxygen atoms in total. The van der Waals surface area contributed by atoms with Gasteiger partial charge in [-0.25, -0.2) is 4.98 Å². The van der Waals surface area contributed by atoms with Crippen LogP contribution < -0.4 is 0 Å². The first kappa shape index (κ1) is 13.4. The van der Waals surface area contributed by atoms with Crippen molar-refractivity contribution in [2.45, 2.75) is 13.0 Å². The molecule has 0 atom stereocenters. The van der Waals surface area contributed by atoms with Gasteiger partial charge in [0.1, 0.15) is 5.75 Å². The van der Waals surface area contributed by atoms with Gasteiger partial charge in [-0.05, 0) is 23.3 Å². The number of hydrogen-bond acceptors (Lipinski definition) is 3. The lowest BCUT2D eigenvalue weighted by Gasteiger charge is -2.04. The molecule has 0 saturated heterocycles. The summed E-state index contributed by atoms with van der Waals surface area (Å²) < 4.78 is 2.03. The van der Waals surface area contributed by atoms with Crippen LogP contribution in [0.1, 0.15) is 12.0 Å². The monoisotopic (exact) mass is 279 g/mol. The van der Waals surface area contributed by atoms with Crippen LogP contribution in [0.5, 0.6) is 5.75 Å². The smallest absolute Gasteiger partial charge is 0.124 e. The van der Waals surface area contributed by atoms with Crippen LogP contribution in [-0.2, 0) is 6.54 Å². The maximum absolute atomic E-state index is 10.0. The van der Waals surface area contributed by atoms with Crippen molar-refractivity contribution in [1.29, 1.82) is 0 Å². The molecule has 2 aromatic carbocycles. The molecule has 1 aromatic heterocycles. The topological polar surface area (TPSA) is 50.4 Å². The number of phenols is 1. The zero-order valence-corrected chi connectivity index (χ0v) is 11.7. The summed E-state index contributed by atoms with van der Waals surface area (Å²) in [5.74, 6) is 0.270. The van der Waals surface area contributed by atoms with Crippen molar-refractivity contribution in [3.05, 3.63) is 60.7 Å². The van der Waals surface area contributed by atoms with Gasteiger partial charge in [-0.3, -0.25) is 4.99 Å². The van der Waals surface area contributed by atoms with Gasteiger partial charge in [0.25, 0.3) is 0 Å². The number of aromatic hydroxyl groups is 1. The number of rotatable bonds is 5. The molecule has 1 N–H and O–H groups in total. The third-order valence-electron chi connectivity index (χ3n) is 3.43.